The van der Waals surface area contributed by atoms with Crippen LogP contribution in [0, 0.1) is 11.6 Å². The molecular formula is C27H23F2N3O3S. The van der Waals surface area contributed by atoms with Crippen LogP contribution in [0.4, 0.5) is 20.3 Å². The fourth-order valence-electron chi connectivity index (χ4n) is 4.58. The van der Waals surface area contributed by atoms with Gasteiger partial charge in [0.15, 0.2) is 11.6 Å². The van der Waals surface area contributed by atoms with Gasteiger partial charge in [-0.15, -0.1) is 0 Å². The number of nitrogens with one attached hydrogen (secondary N) is 2. The molecule has 0 aliphatic carbocycles. The fraction of sp³-hybridized carbons (Fsp3) is 0.185. The lowest BCUT2D eigenvalue weighted by molar-refractivity contribution is 0.0958. The molecule has 0 bridgehead atoms. The normalized spacial score (nSPS) is 14.9. The first kappa shape index (κ1) is 23.9. The first-order valence-corrected chi connectivity index (χ1v) is 13.2. The van der Waals surface area contributed by atoms with Crippen molar-refractivity contribution in [2.75, 3.05) is 22.3 Å². The van der Waals surface area contributed by atoms with Gasteiger partial charge in [-0.25, -0.2) is 22.2 Å². The van der Waals surface area contributed by atoms with Crippen molar-refractivity contribution >= 4 is 38.1 Å². The summed E-state index contributed by atoms with van der Waals surface area (Å²) >= 11 is 0. The lowest BCUT2D eigenvalue weighted by Gasteiger charge is -2.15. The molecule has 1 aromatic heterocycles. The zero-order valence-electron chi connectivity index (χ0n) is 19.4. The molecule has 2 N–H and O–H groups in total. The highest BCUT2D eigenvalue weighted by Crippen LogP contribution is 2.38. The molecule has 0 amide bonds. The predicted molar refractivity (Wildman–Crippen MR) is 137 cm³/mol. The number of hydrogen-bond donors (Lipinski definition) is 2. The van der Waals surface area contributed by atoms with Gasteiger partial charge in [0.1, 0.15) is 11.6 Å². The Labute approximate surface area is 207 Å². The standard InChI is InChI=1S/C27H23F2N3O3S/c1-2-12-36(34,35)32-23-11-10-22(28)24(25(23)29)26(33)21-15-31-27-20(21)13-17(14-30-27)19-9-5-7-16-6-3-4-8-18(16)19/h3-11,13-14,21,32H,2,12,15H2,1H3,(H,30,31). The van der Waals surface area contributed by atoms with Gasteiger partial charge in [0.05, 0.1) is 22.9 Å². The first-order chi connectivity index (χ1) is 17.3. The molecule has 2 heterocycles. The number of fused-ring (bicyclic) bond motifs is 2. The van der Waals surface area contributed by atoms with Crippen molar-refractivity contribution in [3.8, 4) is 11.1 Å². The monoisotopic (exact) mass is 507 g/mol. The van der Waals surface area contributed by atoms with Crippen LogP contribution >= 0.6 is 0 Å². The number of anilines is 2. The summed E-state index contributed by atoms with van der Waals surface area (Å²) < 4.78 is 56.4. The van der Waals surface area contributed by atoms with E-state index < -0.39 is 44.6 Å². The minimum Gasteiger partial charge on any atom is -0.369 e. The summed E-state index contributed by atoms with van der Waals surface area (Å²) in [5, 5.41) is 5.10. The van der Waals surface area contributed by atoms with Crippen molar-refractivity contribution in [2.45, 2.75) is 19.3 Å². The molecule has 1 unspecified atom stereocenters. The molecule has 184 valence electrons. The second kappa shape index (κ2) is 9.31. The minimum absolute atomic E-state index is 0.116. The highest BCUT2D eigenvalue weighted by Gasteiger charge is 2.34. The molecule has 3 aromatic carbocycles. The number of carbonyl (C=O) groups excluding carboxylic acids is 1. The molecule has 9 heteroatoms. The molecule has 1 aliphatic rings. The Kier molecular flexibility index (Phi) is 6.17. The molecule has 1 atom stereocenters. The Balaban J connectivity index is 1.54. The zero-order chi connectivity index (χ0) is 25.4. The lowest BCUT2D eigenvalue weighted by atomic mass is 9.90. The molecule has 5 rings (SSSR count). The largest absolute Gasteiger partial charge is 0.369 e. The van der Waals surface area contributed by atoms with Gasteiger partial charge in [-0.1, -0.05) is 49.4 Å². The number of halogens is 2. The number of carbonyl (C=O) groups is 1. The van der Waals surface area contributed by atoms with Crippen LogP contribution in [-0.4, -0.2) is 31.5 Å². The van der Waals surface area contributed by atoms with Gasteiger partial charge in [-0.3, -0.25) is 9.52 Å². The highest BCUT2D eigenvalue weighted by molar-refractivity contribution is 7.92. The van der Waals surface area contributed by atoms with E-state index in [1.54, 1.807) is 13.1 Å². The quantitative estimate of drug-likeness (QED) is 0.312. The van der Waals surface area contributed by atoms with Crippen molar-refractivity contribution in [2.24, 2.45) is 0 Å². The third-order valence-electron chi connectivity index (χ3n) is 6.26. The third-order valence-corrected chi connectivity index (χ3v) is 7.74. The Morgan fingerprint density at radius 3 is 2.69 bits per heavy atom. The van der Waals surface area contributed by atoms with Crippen molar-refractivity contribution in [1.82, 2.24) is 4.98 Å². The van der Waals surface area contributed by atoms with Crippen LogP contribution in [0.2, 0.25) is 0 Å². The molecule has 0 radical (unpaired) electrons. The highest BCUT2D eigenvalue weighted by atomic mass is 32.2. The van der Waals surface area contributed by atoms with Crippen LogP contribution < -0.4 is 10.0 Å². The number of sulfonamides is 1. The van der Waals surface area contributed by atoms with Crippen molar-refractivity contribution in [3.05, 3.63) is 89.6 Å². The van der Waals surface area contributed by atoms with Crippen molar-refractivity contribution in [1.29, 1.82) is 0 Å². The molecule has 6 nitrogen and oxygen atoms in total. The van der Waals surface area contributed by atoms with E-state index in [4.69, 9.17) is 0 Å². The summed E-state index contributed by atoms with van der Waals surface area (Å²) in [5.41, 5.74) is 0.991. The Hall–Kier alpha value is -3.85. The number of rotatable bonds is 7. The summed E-state index contributed by atoms with van der Waals surface area (Å²) in [6.45, 7) is 1.78. The van der Waals surface area contributed by atoms with E-state index >= 15 is 4.39 Å². The molecule has 0 spiro atoms. The van der Waals surface area contributed by atoms with E-state index in [2.05, 4.69) is 15.0 Å². The maximum atomic E-state index is 15.3. The van der Waals surface area contributed by atoms with Crippen LogP contribution in [0.3, 0.4) is 0 Å². The zero-order valence-corrected chi connectivity index (χ0v) is 20.2. The molecule has 1 aliphatic heterocycles. The van der Waals surface area contributed by atoms with E-state index in [0.29, 0.717) is 17.8 Å². The number of hydrogen-bond acceptors (Lipinski definition) is 5. The van der Waals surface area contributed by atoms with Crippen LogP contribution in [0.25, 0.3) is 21.9 Å². The summed E-state index contributed by atoms with van der Waals surface area (Å²) in [6.07, 6.45) is 2.02. The number of pyridine rings is 1. The van der Waals surface area contributed by atoms with Crippen LogP contribution in [0.5, 0.6) is 0 Å². The maximum absolute atomic E-state index is 15.3. The second-order valence-corrected chi connectivity index (χ2v) is 10.5. The molecule has 4 aromatic rings. The van der Waals surface area contributed by atoms with Gasteiger partial charge in [0.2, 0.25) is 10.0 Å². The average Bonchev–Trinajstić information content (AvgIpc) is 3.28. The van der Waals surface area contributed by atoms with Gasteiger partial charge in [-0.2, -0.15) is 0 Å². The predicted octanol–water partition coefficient (Wildman–Crippen LogP) is 5.72. The number of benzene rings is 3. The van der Waals surface area contributed by atoms with E-state index in [1.165, 1.54) is 0 Å². The van der Waals surface area contributed by atoms with Crippen LogP contribution in [0.1, 0.15) is 35.2 Å². The lowest BCUT2D eigenvalue weighted by Crippen LogP contribution is -2.21. The molecule has 0 saturated heterocycles. The van der Waals surface area contributed by atoms with E-state index in [0.717, 1.165) is 34.0 Å². The molecule has 36 heavy (non-hydrogen) atoms. The van der Waals surface area contributed by atoms with Crippen LogP contribution in [0.15, 0.2) is 66.9 Å². The van der Waals surface area contributed by atoms with Gasteiger partial charge in [0.25, 0.3) is 0 Å². The first-order valence-electron chi connectivity index (χ1n) is 11.5. The van der Waals surface area contributed by atoms with Crippen molar-refractivity contribution in [3.63, 3.8) is 0 Å². The van der Waals surface area contributed by atoms with E-state index in [-0.39, 0.29) is 12.3 Å². The second-order valence-electron chi connectivity index (χ2n) is 8.69. The summed E-state index contributed by atoms with van der Waals surface area (Å²) in [7, 11) is -3.83. The molecular weight excluding hydrogens is 484 g/mol. The number of aromatic nitrogens is 1. The maximum Gasteiger partial charge on any atom is 0.232 e. The van der Waals surface area contributed by atoms with Gasteiger partial charge >= 0.3 is 0 Å². The fourth-order valence-corrected chi connectivity index (χ4v) is 5.71. The summed E-state index contributed by atoms with van der Waals surface area (Å²) in [4.78, 5) is 17.9. The Morgan fingerprint density at radius 2 is 1.89 bits per heavy atom. The topological polar surface area (TPSA) is 88.2 Å². The Bertz CT molecular complexity index is 1600. The number of ketones is 1. The van der Waals surface area contributed by atoms with Gasteiger partial charge in [-0.05, 0) is 41.0 Å². The van der Waals surface area contributed by atoms with E-state index in [9.17, 15) is 17.6 Å². The molecule has 0 saturated carbocycles. The van der Waals surface area contributed by atoms with Crippen LogP contribution in [-0.2, 0) is 10.0 Å². The SMILES string of the molecule is CCCS(=O)(=O)Nc1ccc(F)c(C(=O)C2CNc3ncc(-c4cccc5ccccc45)cc32)c1F. The average molecular weight is 508 g/mol. The molecule has 0 fully saturated rings. The summed E-state index contributed by atoms with van der Waals surface area (Å²) in [6, 6.07) is 17.5. The van der Waals surface area contributed by atoms with E-state index in [1.807, 2.05) is 48.5 Å². The van der Waals surface area contributed by atoms with Gasteiger partial charge in [0, 0.05) is 23.9 Å². The number of Topliss-reactive ketones (excluding diaryl/α,β-unsaturated/α-hetero) is 1. The van der Waals surface area contributed by atoms with Crippen molar-refractivity contribution < 1.29 is 22.0 Å². The summed E-state index contributed by atoms with van der Waals surface area (Å²) in [5.74, 6) is -3.72. The number of nitrogens with zero attached hydrogens (tertiary/aromatic N) is 1. The smallest absolute Gasteiger partial charge is 0.232 e. The minimum atomic E-state index is -3.83. The Morgan fingerprint density at radius 1 is 1.11 bits per heavy atom. The third kappa shape index (κ3) is 4.30. The van der Waals surface area contributed by atoms with Gasteiger partial charge < -0.3 is 5.32 Å².